The monoisotopic (exact) mass is 327 g/mol. The van der Waals surface area contributed by atoms with Crippen molar-refractivity contribution in [2.45, 2.75) is 33.1 Å². The third kappa shape index (κ3) is 3.18. The zero-order chi connectivity index (χ0) is 17.3. The average molecular weight is 327 g/mol. The van der Waals surface area contributed by atoms with E-state index >= 15 is 0 Å². The van der Waals surface area contributed by atoms with Crippen molar-refractivity contribution in [3.63, 3.8) is 0 Å². The van der Waals surface area contributed by atoms with E-state index < -0.39 is 11.9 Å². The number of aliphatic carboxylic acids is 1. The fourth-order valence-electron chi connectivity index (χ4n) is 3.32. The molecule has 126 valence electrons. The van der Waals surface area contributed by atoms with E-state index in [2.05, 4.69) is 10.4 Å². The molecule has 1 heterocycles. The molecule has 0 saturated heterocycles. The molecule has 0 aliphatic heterocycles. The van der Waals surface area contributed by atoms with Gasteiger partial charge in [0.2, 0.25) is 5.91 Å². The molecule has 0 unspecified atom stereocenters. The maximum absolute atomic E-state index is 12.5. The van der Waals surface area contributed by atoms with Gasteiger partial charge in [0.1, 0.15) is 0 Å². The van der Waals surface area contributed by atoms with Gasteiger partial charge in [-0.3, -0.25) is 9.59 Å². The quantitative estimate of drug-likeness (QED) is 0.904. The van der Waals surface area contributed by atoms with Crippen molar-refractivity contribution in [1.82, 2.24) is 9.78 Å². The van der Waals surface area contributed by atoms with Crippen LogP contribution in [0.2, 0.25) is 0 Å². The summed E-state index contributed by atoms with van der Waals surface area (Å²) in [4.78, 5) is 23.6. The Hall–Kier alpha value is -2.63. The number of rotatable bonds is 4. The molecule has 1 fully saturated rings. The van der Waals surface area contributed by atoms with Crippen LogP contribution in [0.5, 0.6) is 0 Å². The Bertz CT molecular complexity index is 782. The maximum atomic E-state index is 12.5. The molecule has 2 aromatic rings. The second-order valence-electron chi connectivity index (χ2n) is 6.39. The van der Waals surface area contributed by atoms with Gasteiger partial charge in [-0.2, -0.15) is 5.10 Å². The van der Waals surface area contributed by atoms with Crippen molar-refractivity contribution in [3.05, 3.63) is 41.7 Å². The first-order valence-corrected chi connectivity index (χ1v) is 8.12. The van der Waals surface area contributed by atoms with Crippen LogP contribution in [-0.4, -0.2) is 26.8 Å². The molecule has 0 radical (unpaired) electrons. The average Bonchev–Trinajstić information content (AvgIpc) is 3.15. The second-order valence-corrected chi connectivity index (χ2v) is 6.39. The molecule has 2 atom stereocenters. The topological polar surface area (TPSA) is 84.2 Å². The highest BCUT2D eigenvalue weighted by Gasteiger charge is 2.34. The smallest absolute Gasteiger partial charge is 0.306 e. The number of benzene rings is 1. The van der Waals surface area contributed by atoms with Crippen molar-refractivity contribution in [1.29, 1.82) is 0 Å². The molecular formula is C18H21N3O3. The summed E-state index contributed by atoms with van der Waals surface area (Å²) >= 11 is 0. The van der Waals surface area contributed by atoms with E-state index in [1.165, 1.54) is 0 Å². The third-order valence-corrected chi connectivity index (χ3v) is 4.55. The maximum Gasteiger partial charge on any atom is 0.306 e. The summed E-state index contributed by atoms with van der Waals surface area (Å²) in [5.41, 5.74) is 3.39. The highest BCUT2D eigenvalue weighted by atomic mass is 16.4. The third-order valence-electron chi connectivity index (χ3n) is 4.55. The van der Waals surface area contributed by atoms with Gasteiger partial charge in [-0.1, -0.05) is 12.1 Å². The van der Waals surface area contributed by atoms with Crippen molar-refractivity contribution in [2.24, 2.45) is 11.8 Å². The lowest BCUT2D eigenvalue weighted by Gasteiger charge is -2.15. The highest BCUT2D eigenvalue weighted by Crippen LogP contribution is 2.32. The van der Waals surface area contributed by atoms with Gasteiger partial charge in [-0.05, 0) is 51.3 Å². The fraction of sp³-hybridized carbons (Fsp3) is 0.389. The van der Waals surface area contributed by atoms with E-state index in [-0.39, 0.29) is 11.8 Å². The summed E-state index contributed by atoms with van der Waals surface area (Å²) in [6, 6.07) is 9.49. The summed E-state index contributed by atoms with van der Waals surface area (Å²) in [7, 11) is 0. The Morgan fingerprint density at radius 2 is 1.92 bits per heavy atom. The first-order valence-electron chi connectivity index (χ1n) is 8.12. The van der Waals surface area contributed by atoms with Gasteiger partial charge in [0.25, 0.3) is 0 Å². The number of nitrogens with zero attached hydrogens (tertiary/aromatic N) is 2. The predicted octanol–water partition coefficient (Wildman–Crippen LogP) is 2.93. The van der Waals surface area contributed by atoms with Crippen LogP contribution in [0, 0.1) is 25.7 Å². The zero-order valence-corrected chi connectivity index (χ0v) is 13.8. The minimum atomic E-state index is -0.812. The summed E-state index contributed by atoms with van der Waals surface area (Å²) in [5, 5.41) is 16.5. The molecular weight excluding hydrogens is 306 g/mol. The van der Waals surface area contributed by atoms with Crippen molar-refractivity contribution in [3.8, 4) is 5.69 Å². The summed E-state index contributed by atoms with van der Waals surface area (Å²) < 4.78 is 1.81. The highest BCUT2D eigenvalue weighted by molar-refractivity contribution is 5.95. The van der Waals surface area contributed by atoms with Gasteiger partial charge in [0.05, 0.1) is 23.0 Å². The lowest BCUT2D eigenvalue weighted by molar-refractivity contribution is -0.141. The van der Waals surface area contributed by atoms with Gasteiger partial charge < -0.3 is 10.4 Å². The molecule has 1 amide bonds. The molecule has 1 aliphatic carbocycles. The molecule has 3 rings (SSSR count). The normalized spacial score (nSPS) is 20.1. The van der Waals surface area contributed by atoms with Gasteiger partial charge in [-0.15, -0.1) is 0 Å². The lowest BCUT2D eigenvalue weighted by Crippen LogP contribution is -2.22. The Balaban J connectivity index is 1.80. The Morgan fingerprint density at radius 3 is 2.54 bits per heavy atom. The lowest BCUT2D eigenvalue weighted by atomic mass is 10.0. The van der Waals surface area contributed by atoms with Crippen LogP contribution < -0.4 is 5.32 Å². The van der Waals surface area contributed by atoms with E-state index in [0.717, 1.165) is 17.1 Å². The molecule has 6 heteroatoms. The van der Waals surface area contributed by atoms with Crippen LogP contribution in [0.25, 0.3) is 5.69 Å². The van der Waals surface area contributed by atoms with Crippen LogP contribution in [0.15, 0.2) is 30.3 Å². The fourth-order valence-corrected chi connectivity index (χ4v) is 3.32. The summed E-state index contributed by atoms with van der Waals surface area (Å²) in [6.45, 7) is 3.89. The molecule has 2 N–H and O–H groups in total. The van der Waals surface area contributed by atoms with Crippen molar-refractivity contribution in [2.75, 3.05) is 5.32 Å². The summed E-state index contributed by atoms with van der Waals surface area (Å²) in [5.74, 6) is -1.59. The van der Waals surface area contributed by atoms with Gasteiger partial charge >= 0.3 is 5.97 Å². The van der Waals surface area contributed by atoms with Gasteiger partial charge in [-0.25, -0.2) is 4.68 Å². The molecule has 24 heavy (non-hydrogen) atoms. The number of carbonyl (C=O) groups excluding carboxylic acids is 1. The number of aryl methyl sites for hydroxylation is 2. The number of nitrogens with one attached hydrogen (secondary N) is 1. The van der Waals surface area contributed by atoms with E-state index in [1.54, 1.807) is 4.68 Å². The molecule has 1 aromatic carbocycles. The van der Waals surface area contributed by atoms with Gasteiger partial charge in [0, 0.05) is 11.6 Å². The number of anilines is 1. The largest absolute Gasteiger partial charge is 0.481 e. The van der Waals surface area contributed by atoms with Crippen LogP contribution >= 0.6 is 0 Å². The molecule has 1 saturated carbocycles. The predicted molar refractivity (Wildman–Crippen MR) is 90.1 cm³/mol. The number of carboxylic acids is 1. The summed E-state index contributed by atoms with van der Waals surface area (Å²) in [6.07, 6.45) is 1.58. The standard InChI is InChI=1S/C18H21N3O3/c1-11-9-12(2)21(20-11)16-6-4-3-5-15(16)19-17(22)13-7-8-14(10-13)18(23)24/h3-6,9,13-14H,7-8,10H2,1-2H3,(H,19,22)(H,23,24)/t13-,14+/m1/s1. The second kappa shape index (κ2) is 6.47. The number of hydrogen-bond acceptors (Lipinski definition) is 3. The molecule has 0 bridgehead atoms. The molecule has 6 nitrogen and oxygen atoms in total. The SMILES string of the molecule is Cc1cc(C)n(-c2ccccc2NC(=O)[C@@H]2CC[C@H](C(=O)O)C2)n1. The van der Waals surface area contributed by atoms with E-state index in [1.807, 2.05) is 44.2 Å². The Kier molecular flexibility index (Phi) is 4.38. The number of carbonyl (C=O) groups is 2. The van der Waals surface area contributed by atoms with Crippen molar-refractivity contribution >= 4 is 17.6 Å². The van der Waals surface area contributed by atoms with Crippen molar-refractivity contribution < 1.29 is 14.7 Å². The number of aromatic nitrogens is 2. The van der Waals surface area contributed by atoms with E-state index in [4.69, 9.17) is 5.11 Å². The number of amides is 1. The minimum Gasteiger partial charge on any atom is -0.481 e. The van der Waals surface area contributed by atoms with Crippen LogP contribution in [0.1, 0.15) is 30.7 Å². The minimum absolute atomic E-state index is 0.118. The zero-order valence-electron chi connectivity index (χ0n) is 13.8. The molecule has 1 aliphatic rings. The Morgan fingerprint density at radius 1 is 1.21 bits per heavy atom. The first-order chi connectivity index (χ1) is 11.5. The van der Waals surface area contributed by atoms with Gasteiger partial charge in [0.15, 0.2) is 0 Å². The van der Waals surface area contributed by atoms with Crippen LogP contribution in [0.3, 0.4) is 0 Å². The Labute approximate surface area is 140 Å². The van der Waals surface area contributed by atoms with Crippen LogP contribution in [-0.2, 0) is 9.59 Å². The number of hydrogen-bond donors (Lipinski definition) is 2. The van der Waals surface area contributed by atoms with Crippen LogP contribution in [0.4, 0.5) is 5.69 Å². The molecule has 0 spiro atoms. The van der Waals surface area contributed by atoms with E-state index in [0.29, 0.717) is 24.9 Å². The molecule has 1 aromatic heterocycles. The number of para-hydroxylation sites is 2. The number of carboxylic acid groups (broad SMARTS) is 1. The van der Waals surface area contributed by atoms with E-state index in [9.17, 15) is 9.59 Å². The first kappa shape index (κ1) is 16.2.